The molecule has 0 heterocycles. The molecule has 3 rings (SSSR count). The highest BCUT2D eigenvalue weighted by Gasteiger charge is 2.47. The van der Waals surface area contributed by atoms with Crippen molar-refractivity contribution in [1.29, 1.82) is 0 Å². The van der Waals surface area contributed by atoms with E-state index in [9.17, 15) is 9.90 Å². The number of rotatable bonds is 7. The van der Waals surface area contributed by atoms with Crippen LogP contribution in [0.5, 0.6) is 5.75 Å². The Bertz CT molecular complexity index is 834. The van der Waals surface area contributed by atoms with Gasteiger partial charge < -0.3 is 9.84 Å². The van der Waals surface area contributed by atoms with Gasteiger partial charge in [0.05, 0.1) is 6.61 Å². The minimum atomic E-state index is -1.01. The molecule has 1 fully saturated rings. The van der Waals surface area contributed by atoms with E-state index in [0.717, 1.165) is 23.3 Å². The molecule has 1 N–H and O–H groups in total. The van der Waals surface area contributed by atoms with Crippen LogP contribution in [0.4, 0.5) is 0 Å². The van der Waals surface area contributed by atoms with Crippen LogP contribution in [0.25, 0.3) is 0 Å². The van der Waals surface area contributed by atoms with Gasteiger partial charge in [0.1, 0.15) is 11.4 Å². The molecule has 1 aliphatic carbocycles. The number of ketones is 1. The minimum absolute atomic E-state index is 0.00663. The number of hydrogen-bond acceptors (Lipinski definition) is 3. The van der Waals surface area contributed by atoms with E-state index < -0.39 is 5.60 Å². The van der Waals surface area contributed by atoms with Crippen molar-refractivity contribution in [3.63, 3.8) is 0 Å². The standard InChI is InChI=1S/C24H26O3/c1-3-27-22-12-10-20(11-13-22)5-4-19-6-8-21(9-7-19)16-18(2)17-23(25)24(26)14-15-24/h6-13,18,26H,3,14-17H2,1-2H3. The molecule has 0 saturated heterocycles. The van der Waals surface area contributed by atoms with Crippen LogP contribution in [0.2, 0.25) is 0 Å². The molecule has 0 amide bonds. The average molecular weight is 362 g/mol. The van der Waals surface area contributed by atoms with E-state index in [4.69, 9.17) is 4.74 Å². The quantitative estimate of drug-likeness (QED) is 0.753. The molecule has 0 spiro atoms. The van der Waals surface area contributed by atoms with Crippen molar-refractivity contribution in [1.82, 2.24) is 0 Å². The Labute approximate surface area is 161 Å². The first kappa shape index (κ1) is 19.2. The second-order valence-electron chi connectivity index (χ2n) is 7.37. The first-order valence-corrected chi connectivity index (χ1v) is 9.58. The highest BCUT2D eigenvalue weighted by Crippen LogP contribution is 2.37. The van der Waals surface area contributed by atoms with Crippen LogP contribution in [0.1, 0.15) is 49.8 Å². The lowest BCUT2D eigenvalue weighted by Crippen LogP contribution is -2.24. The van der Waals surface area contributed by atoms with E-state index in [-0.39, 0.29) is 11.7 Å². The molecule has 27 heavy (non-hydrogen) atoms. The largest absolute Gasteiger partial charge is 0.494 e. The second-order valence-corrected chi connectivity index (χ2v) is 7.37. The predicted octanol–water partition coefficient (Wildman–Crippen LogP) is 4.15. The number of hydrogen-bond donors (Lipinski definition) is 1. The molecule has 1 aliphatic rings. The lowest BCUT2D eigenvalue weighted by molar-refractivity contribution is -0.130. The van der Waals surface area contributed by atoms with Gasteiger partial charge in [-0.1, -0.05) is 30.9 Å². The van der Waals surface area contributed by atoms with Crippen LogP contribution in [-0.2, 0) is 11.2 Å². The summed E-state index contributed by atoms with van der Waals surface area (Å²) in [6.45, 7) is 4.68. The smallest absolute Gasteiger partial charge is 0.164 e. The van der Waals surface area contributed by atoms with E-state index in [0.29, 0.717) is 25.9 Å². The van der Waals surface area contributed by atoms with Gasteiger partial charge in [0.15, 0.2) is 5.78 Å². The molecule has 3 heteroatoms. The average Bonchev–Trinajstić information content (AvgIpc) is 3.41. The Morgan fingerprint density at radius 1 is 1.07 bits per heavy atom. The van der Waals surface area contributed by atoms with E-state index >= 15 is 0 Å². The molecule has 1 atom stereocenters. The molecule has 1 unspecified atom stereocenters. The fourth-order valence-electron chi connectivity index (χ4n) is 3.05. The molecule has 0 bridgehead atoms. The van der Waals surface area contributed by atoms with Gasteiger partial charge in [0.2, 0.25) is 0 Å². The summed E-state index contributed by atoms with van der Waals surface area (Å²) >= 11 is 0. The number of Topliss-reactive ketones (excluding diaryl/α,β-unsaturated/α-hetero) is 1. The van der Waals surface area contributed by atoms with Crippen molar-refractivity contribution < 1.29 is 14.6 Å². The van der Waals surface area contributed by atoms with Crippen LogP contribution in [0.15, 0.2) is 48.5 Å². The van der Waals surface area contributed by atoms with Gasteiger partial charge in [-0.3, -0.25) is 4.79 Å². The lowest BCUT2D eigenvalue weighted by Gasteiger charge is -2.13. The number of ether oxygens (including phenoxy) is 1. The summed E-state index contributed by atoms with van der Waals surface area (Å²) in [5, 5.41) is 9.87. The Hall–Kier alpha value is -2.57. The molecule has 2 aromatic rings. The Morgan fingerprint density at radius 2 is 1.63 bits per heavy atom. The van der Waals surface area contributed by atoms with Crippen LogP contribution < -0.4 is 4.74 Å². The molecule has 2 aromatic carbocycles. The third-order valence-electron chi connectivity index (χ3n) is 4.83. The predicted molar refractivity (Wildman–Crippen MR) is 107 cm³/mol. The first-order valence-electron chi connectivity index (χ1n) is 9.58. The van der Waals surface area contributed by atoms with Gasteiger partial charge in [-0.15, -0.1) is 0 Å². The van der Waals surface area contributed by atoms with Gasteiger partial charge in [0, 0.05) is 17.5 Å². The normalized spacial score (nSPS) is 15.4. The summed E-state index contributed by atoms with van der Waals surface area (Å²) in [5.74, 6) is 7.41. The zero-order valence-electron chi connectivity index (χ0n) is 16.0. The van der Waals surface area contributed by atoms with Crippen molar-refractivity contribution >= 4 is 5.78 Å². The lowest BCUT2D eigenvalue weighted by atomic mass is 9.93. The maximum Gasteiger partial charge on any atom is 0.164 e. The zero-order chi connectivity index (χ0) is 19.3. The SMILES string of the molecule is CCOc1ccc(C#Cc2ccc(CC(C)CC(=O)C3(O)CC3)cc2)cc1. The molecular formula is C24H26O3. The van der Waals surface area contributed by atoms with Gasteiger partial charge >= 0.3 is 0 Å². The molecule has 0 radical (unpaired) electrons. The molecule has 0 aromatic heterocycles. The van der Waals surface area contributed by atoms with Crippen molar-refractivity contribution in [2.45, 2.75) is 45.1 Å². The van der Waals surface area contributed by atoms with Crippen molar-refractivity contribution in [3.8, 4) is 17.6 Å². The Balaban J connectivity index is 1.55. The van der Waals surface area contributed by atoms with Gasteiger partial charge in [-0.25, -0.2) is 0 Å². The summed E-state index contributed by atoms with van der Waals surface area (Å²) in [7, 11) is 0. The minimum Gasteiger partial charge on any atom is -0.494 e. The van der Waals surface area contributed by atoms with Crippen LogP contribution >= 0.6 is 0 Å². The third kappa shape index (κ3) is 5.45. The summed E-state index contributed by atoms with van der Waals surface area (Å²) in [5.41, 5.74) is 2.09. The number of benzene rings is 2. The molecule has 140 valence electrons. The maximum absolute atomic E-state index is 12.0. The van der Waals surface area contributed by atoms with Crippen LogP contribution in [-0.4, -0.2) is 23.1 Å². The van der Waals surface area contributed by atoms with Crippen molar-refractivity contribution in [2.75, 3.05) is 6.61 Å². The Morgan fingerprint density at radius 3 is 2.15 bits per heavy atom. The monoisotopic (exact) mass is 362 g/mol. The van der Waals surface area contributed by atoms with E-state index in [2.05, 4.69) is 30.9 Å². The molecule has 1 saturated carbocycles. The van der Waals surface area contributed by atoms with Gasteiger partial charge in [-0.05, 0) is 74.1 Å². The van der Waals surface area contributed by atoms with E-state index in [1.165, 1.54) is 5.56 Å². The highest BCUT2D eigenvalue weighted by atomic mass is 16.5. The van der Waals surface area contributed by atoms with E-state index in [1.807, 2.05) is 43.3 Å². The number of aliphatic hydroxyl groups is 1. The third-order valence-corrected chi connectivity index (χ3v) is 4.83. The molecular weight excluding hydrogens is 336 g/mol. The van der Waals surface area contributed by atoms with Crippen molar-refractivity contribution in [3.05, 3.63) is 65.2 Å². The van der Waals surface area contributed by atoms with Gasteiger partial charge in [-0.2, -0.15) is 0 Å². The van der Waals surface area contributed by atoms with E-state index in [1.54, 1.807) is 0 Å². The molecule has 3 nitrogen and oxygen atoms in total. The first-order chi connectivity index (χ1) is 13.0. The van der Waals surface area contributed by atoms with Gasteiger partial charge in [0.25, 0.3) is 0 Å². The topological polar surface area (TPSA) is 46.5 Å². The fraction of sp³-hybridized carbons (Fsp3) is 0.375. The zero-order valence-corrected chi connectivity index (χ0v) is 16.0. The second kappa shape index (κ2) is 8.41. The summed E-state index contributed by atoms with van der Waals surface area (Å²) < 4.78 is 5.43. The molecule has 0 aliphatic heterocycles. The number of carbonyl (C=O) groups is 1. The Kier molecular flexibility index (Phi) is 5.98. The van der Waals surface area contributed by atoms with Crippen LogP contribution in [0.3, 0.4) is 0 Å². The maximum atomic E-state index is 12.0. The summed E-state index contributed by atoms with van der Waals surface area (Å²) in [6, 6.07) is 15.9. The van der Waals surface area contributed by atoms with Crippen molar-refractivity contribution in [2.24, 2.45) is 5.92 Å². The fourth-order valence-corrected chi connectivity index (χ4v) is 3.05. The number of carbonyl (C=O) groups excluding carboxylic acids is 1. The highest BCUT2D eigenvalue weighted by molar-refractivity contribution is 5.89. The summed E-state index contributed by atoms with van der Waals surface area (Å²) in [4.78, 5) is 12.0. The summed E-state index contributed by atoms with van der Waals surface area (Å²) in [6.07, 6.45) is 2.52. The van der Waals surface area contributed by atoms with Crippen LogP contribution in [0, 0.1) is 17.8 Å².